The molecule has 0 aliphatic heterocycles. The number of rotatable bonds is 6. The Balaban J connectivity index is 2.28. The fourth-order valence-corrected chi connectivity index (χ4v) is 2.37. The Labute approximate surface area is 126 Å². The third kappa shape index (κ3) is 2.94. The second-order valence-electron chi connectivity index (χ2n) is 5.47. The minimum absolute atomic E-state index is 0.121. The lowest BCUT2D eigenvalue weighted by Crippen LogP contribution is -2.61. The van der Waals surface area contributed by atoms with Crippen molar-refractivity contribution in [1.29, 1.82) is 0 Å². The van der Waals surface area contributed by atoms with Crippen molar-refractivity contribution in [2.24, 2.45) is 5.73 Å². The molecule has 120 valence electrons. The number of hydrogen-bond donors (Lipinski definition) is 2. The summed E-state index contributed by atoms with van der Waals surface area (Å²) in [4.78, 5) is 24.0. The van der Waals surface area contributed by atoms with E-state index < -0.39 is 23.3 Å². The number of amides is 2. The smallest absolute Gasteiger partial charge is 0.352 e. The van der Waals surface area contributed by atoms with Crippen LogP contribution in [-0.2, 0) is 9.59 Å². The molecule has 0 radical (unpaired) electrons. The van der Waals surface area contributed by atoms with Crippen LogP contribution in [0.2, 0.25) is 0 Å². The summed E-state index contributed by atoms with van der Waals surface area (Å²) in [6, 6.07) is 7.84. The maximum absolute atomic E-state index is 14.3. The van der Waals surface area contributed by atoms with Crippen molar-refractivity contribution in [3.63, 3.8) is 0 Å². The molecule has 2 amide bonds. The van der Waals surface area contributed by atoms with Crippen molar-refractivity contribution >= 4 is 17.5 Å². The Bertz CT molecular complexity index is 559. The minimum atomic E-state index is -3.90. The number of benzene rings is 1. The molecule has 2 rings (SSSR count). The van der Waals surface area contributed by atoms with Gasteiger partial charge in [-0.1, -0.05) is 18.2 Å². The van der Waals surface area contributed by atoms with Crippen LogP contribution in [0.5, 0.6) is 0 Å². The highest BCUT2D eigenvalue weighted by Gasteiger charge is 2.62. The fourth-order valence-electron chi connectivity index (χ4n) is 2.37. The molecule has 0 unspecified atom stereocenters. The van der Waals surface area contributed by atoms with Crippen molar-refractivity contribution in [1.82, 2.24) is 0 Å². The summed E-state index contributed by atoms with van der Waals surface area (Å²) in [6.07, 6.45) is -0.0322. The molecule has 5 nitrogen and oxygen atoms in total. The van der Waals surface area contributed by atoms with E-state index >= 15 is 0 Å². The van der Waals surface area contributed by atoms with Gasteiger partial charge in [-0.05, 0) is 31.4 Å². The molecule has 1 saturated carbocycles. The van der Waals surface area contributed by atoms with Crippen LogP contribution in [0, 0.1) is 0 Å². The van der Waals surface area contributed by atoms with Crippen LogP contribution >= 0.6 is 0 Å². The molecule has 0 spiro atoms. The Morgan fingerprint density at radius 2 is 1.86 bits per heavy atom. The standard InChI is InChI=1S/C15H18F2N2O3/c16-15(17,14(22)8-4-9-14)13(21)19(10-7-12(18)20)11-5-2-1-3-6-11/h1-3,5-6,22H,4,7-10H2,(H2,18,20). The fraction of sp³-hybridized carbons (Fsp3) is 0.467. The lowest BCUT2D eigenvalue weighted by molar-refractivity contribution is -0.213. The molecule has 1 aromatic carbocycles. The van der Waals surface area contributed by atoms with Gasteiger partial charge in [-0.15, -0.1) is 0 Å². The van der Waals surface area contributed by atoms with Gasteiger partial charge in [-0.25, -0.2) is 0 Å². The van der Waals surface area contributed by atoms with Gasteiger partial charge in [0.2, 0.25) is 5.91 Å². The third-order valence-electron chi connectivity index (χ3n) is 3.93. The number of hydrogen-bond acceptors (Lipinski definition) is 3. The Hall–Kier alpha value is -2.02. The first-order valence-electron chi connectivity index (χ1n) is 7.03. The molecule has 1 fully saturated rings. The van der Waals surface area contributed by atoms with Gasteiger partial charge in [0.25, 0.3) is 0 Å². The van der Waals surface area contributed by atoms with Gasteiger partial charge in [0.15, 0.2) is 0 Å². The number of anilines is 1. The maximum Gasteiger partial charge on any atom is 0.352 e. The lowest BCUT2D eigenvalue weighted by Gasteiger charge is -2.43. The van der Waals surface area contributed by atoms with Crippen molar-refractivity contribution in [2.45, 2.75) is 37.2 Å². The van der Waals surface area contributed by atoms with E-state index in [0.717, 1.165) is 4.90 Å². The highest BCUT2D eigenvalue weighted by molar-refractivity contribution is 5.99. The SMILES string of the molecule is NC(=O)CCN(C(=O)C(F)(F)C1(O)CCC1)c1ccccc1. The number of halogens is 2. The average Bonchev–Trinajstić information content (AvgIpc) is 2.45. The predicted molar refractivity (Wildman–Crippen MR) is 76.4 cm³/mol. The lowest BCUT2D eigenvalue weighted by atomic mass is 9.75. The monoisotopic (exact) mass is 312 g/mol. The van der Waals surface area contributed by atoms with E-state index in [-0.39, 0.29) is 31.5 Å². The maximum atomic E-state index is 14.3. The second kappa shape index (κ2) is 6.00. The zero-order chi connectivity index (χ0) is 16.4. The van der Waals surface area contributed by atoms with Gasteiger partial charge in [0, 0.05) is 18.7 Å². The summed E-state index contributed by atoms with van der Waals surface area (Å²) < 4.78 is 28.7. The van der Waals surface area contributed by atoms with Gasteiger partial charge in [0.1, 0.15) is 5.60 Å². The summed E-state index contributed by atoms with van der Waals surface area (Å²) >= 11 is 0. The van der Waals surface area contributed by atoms with E-state index in [9.17, 15) is 23.5 Å². The van der Waals surface area contributed by atoms with E-state index in [0.29, 0.717) is 6.42 Å². The molecule has 0 heterocycles. The number of aliphatic hydroxyl groups is 1. The van der Waals surface area contributed by atoms with Crippen molar-refractivity contribution in [3.05, 3.63) is 30.3 Å². The number of alkyl halides is 2. The van der Waals surface area contributed by atoms with Crippen LogP contribution in [0.15, 0.2) is 30.3 Å². The third-order valence-corrected chi connectivity index (χ3v) is 3.93. The highest BCUT2D eigenvalue weighted by Crippen LogP contribution is 2.45. The zero-order valence-corrected chi connectivity index (χ0v) is 12.0. The first-order chi connectivity index (χ1) is 10.3. The molecule has 22 heavy (non-hydrogen) atoms. The molecule has 1 aliphatic carbocycles. The van der Waals surface area contributed by atoms with E-state index in [1.807, 2.05) is 0 Å². The summed E-state index contributed by atoms with van der Waals surface area (Å²) in [7, 11) is 0. The molecule has 7 heteroatoms. The van der Waals surface area contributed by atoms with Gasteiger partial charge >= 0.3 is 11.8 Å². The highest BCUT2D eigenvalue weighted by atomic mass is 19.3. The van der Waals surface area contributed by atoms with Crippen LogP contribution in [0.25, 0.3) is 0 Å². The Kier molecular flexibility index (Phi) is 4.46. The molecule has 0 bridgehead atoms. The van der Waals surface area contributed by atoms with Crippen LogP contribution in [0.3, 0.4) is 0 Å². The number of para-hydroxylation sites is 1. The summed E-state index contributed by atoms with van der Waals surface area (Å²) in [5.41, 5.74) is 2.97. The van der Waals surface area contributed by atoms with Crippen LogP contribution in [-0.4, -0.2) is 35.0 Å². The number of carbonyl (C=O) groups excluding carboxylic acids is 2. The van der Waals surface area contributed by atoms with Crippen LogP contribution in [0.4, 0.5) is 14.5 Å². The number of primary amides is 1. The summed E-state index contributed by atoms with van der Waals surface area (Å²) in [5.74, 6) is -6.11. The quantitative estimate of drug-likeness (QED) is 0.834. The van der Waals surface area contributed by atoms with E-state index in [1.165, 1.54) is 12.1 Å². The van der Waals surface area contributed by atoms with E-state index in [1.54, 1.807) is 18.2 Å². The minimum Gasteiger partial charge on any atom is -0.383 e. The largest absolute Gasteiger partial charge is 0.383 e. The summed E-state index contributed by atoms with van der Waals surface area (Å²) in [6.45, 7) is -0.260. The number of nitrogens with zero attached hydrogens (tertiary/aromatic N) is 1. The molecular formula is C15H18F2N2O3. The predicted octanol–water partition coefficient (Wildman–Crippen LogP) is 1.45. The molecular weight excluding hydrogens is 294 g/mol. The average molecular weight is 312 g/mol. The van der Waals surface area contributed by atoms with Crippen LogP contribution < -0.4 is 10.6 Å². The number of carbonyl (C=O) groups is 2. The van der Waals surface area contributed by atoms with E-state index in [2.05, 4.69) is 0 Å². The van der Waals surface area contributed by atoms with Gasteiger partial charge in [-0.2, -0.15) is 8.78 Å². The van der Waals surface area contributed by atoms with Gasteiger partial charge in [-0.3, -0.25) is 9.59 Å². The topological polar surface area (TPSA) is 83.6 Å². The number of nitrogens with two attached hydrogens (primary N) is 1. The first-order valence-corrected chi connectivity index (χ1v) is 7.03. The normalized spacial score (nSPS) is 16.7. The van der Waals surface area contributed by atoms with Crippen molar-refractivity contribution in [2.75, 3.05) is 11.4 Å². The first kappa shape index (κ1) is 16.4. The van der Waals surface area contributed by atoms with Gasteiger partial charge in [0.05, 0.1) is 0 Å². The van der Waals surface area contributed by atoms with Gasteiger partial charge < -0.3 is 15.7 Å². The van der Waals surface area contributed by atoms with Crippen molar-refractivity contribution < 1.29 is 23.5 Å². The molecule has 0 saturated heterocycles. The van der Waals surface area contributed by atoms with E-state index in [4.69, 9.17) is 5.73 Å². The Morgan fingerprint density at radius 1 is 1.27 bits per heavy atom. The molecule has 3 N–H and O–H groups in total. The molecule has 0 aromatic heterocycles. The zero-order valence-electron chi connectivity index (χ0n) is 12.0. The second-order valence-corrected chi connectivity index (χ2v) is 5.47. The molecule has 1 aromatic rings. The van der Waals surface area contributed by atoms with Crippen LogP contribution in [0.1, 0.15) is 25.7 Å². The Morgan fingerprint density at radius 3 is 2.32 bits per heavy atom. The summed E-state index contributed by atoms with van der Waals surface area (Å²) in [5, 5.41) is 9.89. The molecule has 0 atom stereocenters. The van der Waals surface area contributed by atoms with Crippen molar-refractivity contribution in [3.8, 4) is 0 Å². The molecule has 1 aliphatic rings.